The number of aromatic nitrogens is 2. The molecule has 1 heterocycles. The number of nitrogens with one attached hydrogen (secondary N) is 1. The highest BCUT2D eigenvalue weighted by molar-refractivity contribution is 7.90. The zero-order valence-corrected chi connectivity index (χ0v) is 11.9. The summed E-state index contributed by atoms with van der Waals surface area (Å²) in [6, 6.07) is 1.11. The van der Waals surface area contributed by atoms with Crippen molar-refractivity contribution < 1.29 is 8.42 Å². The lowest BCUT2D eigenvalue weighted by Gasteiger charge is -2.23. The van der Waals surface area contributed by atoms with E-state index in [1.54, 1.807) is 13.0 Å². The number of nitrogen functional groups attached to an aromatic ring is 1. The SMILES string of the molecule is CC(NS(=O)(=O)C1CCCCC1)c1nccc(N)n1. The second-order valence-electron chi connectivity index (χ2n) is 4.98. The molecule has 19 heavy (non-hydrogen) atoms. The van der Waals surface area contributed by atoms with Crippen molar-refractivity contribution in [3.8, 4) is 0 Å². The number of nitrogens with two attached hydrogens (primary N) is 1. The Hall–Kier alpha value is -1.21. The largest absolute Gasteiger partial charge is 0.384 e. The Balaban J connectivity index is 2.07. The summed E-state index contributed by atoms with van der Waals surface area (Å²) in [5.74, 6) is 0.744. The topological polar surface area (TPSA) is 98.0 Å². The van der Waals surface area contributed by atoms with Crippen molar-refractivity contribution in [2.24, 2.45) is 0 Å². The van der Waals surface area contributed by atoms with E-state index in [9.17, 15) is 8.42 Å². The van der Waals surface area contributed by atoms with E-state index in [1.165, 1.54) is 6.20 Å². The van der Waals surface area contributed by atoms with Crippen LogP contribution in [-0.2, 0) is 10.0 Å². The van der Waals surface area contributed by atoms with Crippen LogP contribution in [0.4, 0.5) is 5.82 Å². The summed E-state index contributed by atoms with van der Waals surface area (Å²) in [7, 11) is -3.31. The molecule has 1 aliphatic rings. The number of anilines is 1. The summed E-state index contributed by atoms with van der Waals surface area (Å²) in [6.07, 6.45) is 6.09. The maximum Gasteiger partial charge on any atom is 0.215 e. The van der Waals surface area contributed by atoms with Gasteiger partial charge in [-0.15, -0.1) is 0 Å². The van der Waals surface area contributed by atoms with Crippen molar-refractivity contribution in [1.29, 1.82) is 0 Å². The molecular weight excluding hydrogens is 264 g/mol. The molecule has 0 spiro atoms. The third kappa shape index (κ3) is 3.63. The summed E-state index contributed by atoms with van der Waals surface area (Å²) in [5.41, 5.74) is 5.57. The number of hydrogen-bond acceptors (Lipinski definition) is 5. The predicted octanol–water partition coefficient (Wildman–Crippen LogP) is 1.37. The third-order valence-corrected chi connectivity index (χ3v) is 5.45. The molecule has 1 aromatic heterocycles. The second kappa shape index (κ2) is 5.83. The van der Waals surface area contributed by atoms with Gasteiger partial charge in [0.2, 0.25) is 10.0 Å². The van der Waals surface area contributed by atoms with Gasteiger partial charge in [-0.3, -0.25) is 0 Å². The normalized spacial score (nSPS) is 19.2. The van der Waals surface area contributed by atoms with Crippen molar-refractivity contribution in [2.45, 2.75) is 50.3 Å². The van der Waals surface area contributed by atoms with Gasteiger partial charge in [0.05, 0.1) is 11.3 Å². The van der Waals surface area contributed by atoms with E-state index in [0.29, 0.717) is 11.6 Å². The molecule has 0 aliphatic heterocycles. The molecule has 7 heteroatoms. The maximum atomic E-state index is 12.3. The number of hydrogen-bond donors (Lipinski definition) is 2. The van der Waals surface area contributed by atoms with Crippen molar-refractivity contribution >= 4 is 15.8 Å². The summed E-state index contributed by atoms with van der Waals surface area (Å²) >= 11 is 0. The summed E-state index contributed by atoms with van der Waals surface area (Å²) in [6.45, 7) is 1.73. The van der Waals surface area contributed by atoms with E-state index in [2.05, 4.69) is 14.7 Å². The molecule has 1 aliphatic carbocycles. The highest BCUT2D eigenvalue weighted by atomic mass is 32.2. The monoisotopic (exact) mass is 284 g/mol. The molecule has 1 unspecified atom stereocenters. The minimum Gasteiger partial charge on any atom is -0.384 e. The Morgan fingerprint density at radius 1 is 1.37 bits per heavy atom. The fraction of sp³-hybridized carbons (Fsp3) is 0.667. The van der Waals surface area contributed by atoms with Crippen LogP contribution in [-0.4, -0.2) is 23.6 Å². The van der Waals surface area contributed by atoms with Gasteiger partial charge in [-0.1, -0.05) is 19.3 Å². The van der Waals surface area contributed by atoms with Gasteiger partial charge < -0.3 is 5.73 Å². The average molecular weight is 284 g/mol. The zero-order chi connectivity index (χ0) is 13.9. The molecule has 1 saturated carbocycles. The third-order valence-electron chi connectivity index (χ3n) is 3.42. The lowest BCUT2D eigenvalue weighted by molar-refractivity contribution is 0.471. The van der Waals surface area contributed by atoms with Crippen LogP contribution >= 0.6 is 0 Å². The van der Waals surface area contributed by atoms with E-state index < -0.39 is 16.1 Å². The van der Waals surface area contributed by atoms with E-state index in [4.69, 9.17) is 5.73 Å². The van der Waals surface area contributed by atoms with Crippen LogP contribution in [0.15, 0.2) is 12.3 Å². The molecule has 1 aromatic rings. The first-order chi connectivity index (χ1) is 8.99. The van der Waals surface area contributed by atoms with Gasteiger partial charge in [-0.25, -0.2) is 23.1 Å². The zero-order valence-electron chi connectivity index (χ0n) is 11.0. The first-order valence-corrected chi connectivity index (χ1v) is 8.13. The van der Waals surface area contributed by atoms with Gasteiger partial charge in [0.25, 0.3) is 0 Å². The van der Waals surface area contributed by atoms with Crippen LogP contribution in [0.25, 0.3) is 0 Å². The molecule has 0 bridgehead atoms. The predicted molar refractivity (Wildman–Crippen MR) is 73.8 cm³/mol. The quantitative estimate of drug-likeness (QED) is 0.870. The van der Waals surface area contributed by atoms with E-state index in [0.717, 1.165) is 32.1 Å². The molecule has 6 nitrogen and oxygen atoms in total. The van der Waals surface area contributed by atoms with Crippen LogP contribution in [0.2, 0.25) is 0 Å². The summed E-state index contributed by atoms with van der Waals surface area (Å²) < 4.78 is 27.2. The summed E-state index contributed by atoms with van der Waals surface area (Å²) in [5, 5.41) is -0.287. The van der Waals surface area contributed by atoms with Crippen LogP contribution in [0.5, 0.6) is 0 Å². The molecule has 0 aromatic carbocycles. The van der Waals surface area contributed by atoms with E-state index in [-0.39, 0.29) is 5.25 Å². The Labute approximate surface area is 113 Å². The fourth-order valence-corrected chi connectivity index (χ4v) is 4.11. The molecule has 3 N–H and O–H groups in total. The standard InChI is InChI=1S/C12H20N4O2S/c1-9(12-14-8-7-11(13)15-12)16-19(17,18)10-5-3-2-4-6-10/h7-10,16H,2-6H2,1H3,(H2,13,14,15). The highest BCUT2D eigenvalue weighted by Crippen LogP contribution is 2.24. The van der Waals surface area contributed by atoms with E-state index >= 15 is 0 Å². The molecule has 1 fully saturated rings. The van der Waals surface area contributed by atoms with Crippen molar-refractivity contribution in [3.63, 3.8) is 0 Å². The van der Waals surface area contributed by atoms with Gasteiger partial charge in [-0.05, 0) is 25.8 Å². The van der Waals surface area contributed by atoms with Crippen molar-refractivity contribution in [3.05, 3.63) is 18.1 Å². The molecule has 0 saturated heterocycles. The Morgan fingerprint density at radius 3 is 2.68 bits per heavy atom. The number of rotatable bonds is 4. The van der Waals surface area contributed by atoms with E-state index in [1.807, 2.05) is 0 Å². The minimum absolute atomic E-state index is 0.287. The molecular formula is C12H20N4O2S. The Kier molecular flexibility index (Phi) is 4.36. The van der Waals surface area contributed by atoms with Gasteiger partial charge in [0.1, 0.15) is 11.6 Å². The molecule has 1 atom stereocenters. The number of sulfonamides is 1. The van der Waals surface area contributed by atoms with Crippen molar-refractivity contribution in [1.82, 2.24) is 14.7 Å². The lowest BCUT2D eigenvalue weighted by atomic mass is 10.0. The van der Waals surface area contributed by atoms with Gasteiger partial charge >= 0.3 is 0 Å². The molecule has 0 amide bonds. The first kappa shape index (κ1) is 14.2. The Morgan fingerprint density at radius 2 is 2.05 bits per heavy atom. The lowest BCUT2D eigenvalue weighted by Crippen LogP contribution is -2.37. The number of nitrogens with zero attached hydrogens (tertiary/aromatic N) is 2. The molecule has 0 radical (unpaired) electrons. The van der Waals surface area contributed by atoms with Gasteiger partial charge in [0, 0.05) is 6.20 Å². The van der Waals surface area contributed by atoms with Crippen LogP contribution in [0, 0.1) is 0 Å². The van der Waals surface area contributed by atoms with Crippen LogP contribution in [0.1, 0.15) is 50.9 Å². The minimum atomic E-state index is -3.31. The average Bonchev–Trinajstić information content (AvgIpc) is 2.39. The summed E-state index contributed by atoms with van der Waals surface area (Å²) in [4.78, 5) is 8.09. The van der Waals surface area contributed by atoms with Gasteiger partial charge in [0.15, 0.2) is 0 Å². The second-order valence-corrected chi connectivity index (χ2v) is 6.98. The molecule has 2 rings (SSSR count). The van der Waals surface area contributed by atoms with Crippen LogP contribution < -0.4 is 10.5 Å². The fourth-order valence-electron chi connectivity index (χ4n) is 2.37. The van der Waals surface area contributed by atoms with Gasteiger partial charge in [-0.2, -0.15) is 0 Å². The Bertz CT molecular complexity index is 526. The maximum absolute atomic E-state index is 12.3. The first-order valence-electron chi connectivity index (χ1n) is 6.58. The van der Waals surface area contributed by atoms with Crippen LogP contribution in [0.3, 0.4) is 0 Å². The highest BCUT2D eigenvalue weighted by Gasteiger charge is 2.29. The smallest absolute Gasteiger partial charge is 0.215 e. The molecule has 106 valence electrons. The van der Waals surface area contributed by atoms with Crippen molar-refractivity contribution in [2.75, 3.05) is 5.73 Å².